The first-order valence-electron chi connectivity index (χ1n) is 5.46. The Morgan fingerprint density at radius 2 is 2.29 bits per heavy atom. The van der Waals surface area contributed by atoms with Crippen LogP contribution in [0.15, 0.2) is 36.5 Å². The number of fused-ring (bicyclic) bond motifs is 1. The van der Waals surface area contributed by atoms with Crippen molar-refractivity contribution in [2.24, 2.45) is 0 Å². The molecule has 0 aliphatic rings. The lowest BCUT2D eigenvalue weighted by Crippen LogP contribution is -2.33. The van der Waals surface area contributed by atoms with Gasteiger partial charge in [0.2, 0.25) is 0 Å². The van der Waals surface area contributed by atoms with Gasteiger partial charge in [-0.2, -0.15) is 0 Å². The molecule has 1 atom stereocenters. The number of carbonyl (C=O) groups is 1. The van der Waals surface area contributed by atoms with Crippen molar-refractivity contribution < 1.29 is 9.90 Å². The summed E-state index contributed by atoms with van der Waals surface area (Å²) < 4.78 is 0. The van der Waals surface area contributed by atoms with Crippen LogP contribution in [0.25, 0.3) is 10.9 Å². The van der Waals surface area contributed by atoms with Crippen LogP contribution >= 0.6 is 0 Å². The number of nitrogens with zero attached hydrogens (tertiary/aromatic N) is 1. The lowest BCUT2D eigenvalue weighted by Gasteiger charge is -2.09. The maximum Gasteiger partial charge on any atom is 0.320 e. The van der Waals surface area contributed by atoms with Crippen molar-refractivity contribution in [3.63, 3.8) is 0 Å². The molecular formula is C13H14N2O2. The van der Waals surface area contributed by atoms with Gasteiger partial charge in [-0.05, 0) is 30.7 Å². The van der Waals surface area contributed by atoms with Crippen LogP contribution in [0.1, 0.15) is 12.5 Å². The third-order valence-corrected chi connectivity index (χ3v) is 2.65. The summed E-state index contributed by atoms with van der Waals surface area (Å²) in [6, 6.07) is 9.25. The first kappa shape index (κ1) is 11.5. The Morgan fingerprint density at radius 3 is 3.06 bits per heavy atom. The van der Waals surface area contributed by atoms with Gasteiger partial charge in [-0.1, -0.05) is 12.1 Å². The zero-order chi connectivity index (χ0) is 12.3. The van der Waals surface area contributed by atoms with E-state index in [1.54, 1.807) is 13.1 Å². The smallest absolute Gasteiger partial charge is 0.320 e. The molecule has 0 spiro atoms. The molecule has 0 radical (unpaired) electrons. The molecule has 4 nitrogen and oxygen atoms in total. The summed E-state index contributed by atoms with van der Waals surface area (Å²) in [7, 11) is 0. The highest BCUT2D eigenvalue weighted by Crippen LogP contribution is 2.13. The number of aliphatic carboxylic acids is 1. The number of carboxylic acid groups (broad SMARTS) is 1. The van der Waals surface area contributed by atoms with Crippen molar-refractivity contribution in [1.29, 1.82) is 0 Å². The van der Waals surface area contributed by atoms with Gasteiger partial charge in [0.15, 0.2) is 0 Å². The molecule has 2 aromatic rings. The van der Waals surface area contributed by atoms with Gasteiger partial charge < -0.3 is 10.4 Å². The first-order chi connectivity index (χ1) is 8.16. The Hall–Kier alpha value is -1.94. The second-order valence-corrected chi connectivity index (χ2v) is 3.97. The molecule has 4 heteroatoms. The summed E-state index contributed by atoms with van der Waals surface area (Å²) in [5, 5.41) is 12.8. The maximum atomic E-state index is 10.7. The zero-order valence-electron chi connectivity index (χ0n) is 9.55. The molecule has 1 aromatic carbocycles. The molecule has 1 heterocycles. The predicted molar refractivity (Wildman–Crippen MR) is 65.7 cm³/mol. The molecule has 1 aromatic heterocycles. The van der Waals surface area contributed by atoms with E-state index in [4.69, 9.17) is 5.11 Å². The molecule has 2 N–H and O–H groups in total. The summed E-state index contributed by atoms with van der Waals surface area (Å²) in [5.74, 6) is -0.840. The minimum atomic E-state index is -0.840. The molecule has 1 unspecified atom stereocenters. The average Bonchev–Trinajstić information content (AvgIpc) is 2.35. The monoisotopic (exact) mass is 230 g/mol. The molecule has 0 aliphatic carbocycles. The molecular weight excluding hydrogens is 216 g/mol. The quantitative estimate of drug-likeness (QED) is 0.840. The second kappa shape index (κ2) is 4.93. The van der Waals surface area contributed by atoms with E-state index in [1.165, 1.54) is 0 Å². The van der Waals surface area contributed by atoms with Crippen molar-refractivity contribution in [3.05, 3.63) is 42.1 Å². The van der Waals surface area contributed by atoms with Gasteiger partial charge in [-0.25, -0.2) is 0 Å². The number of pyridine rings is 1. The lowest BCUT2D eigenvalue weighted by atomic mass is 10.1. The van der Waals surface area contributed by atoms with Gasteiger partial charge in [-0.3, -0.25) is 9.78 Å². The minimum Gasteiger partial charge on any atom is -0.480 e. The number of carboxylic acids is 1. The van der Waals surface area contributed by atoms with Crippen LogP contribution in [0.2, 0.25) is 0 Å². The lowest BCUT2D eigenvalue weighted by molar-refractivity contribution is -0.139. The minimum absolute atomic E-state index is 0.540. The van der Waals surface area contributed by atoms with E-state index in [9.17, 15) is 4.79 Å². The van der Waals surface area contributed by atoms with E-state index >= 15 is 0 Å². The van der Waals surface area contributed by atoms with E-state index in [0.29, 0.717) is 6.54 Å². The average molecular weight is 230 g/mol. The summed E-state index contributed by atoms with van der Waals surface area (Å²) in [6.07, 6.45) is 1.76. The topological polar surface area (TPSA) is 62.2 Å². The molecule has 2 rings (SSSR count). The van der Waals surface area contributed by atoms with Gasteiger partial charge >= 0.3 is 5.97 Å². The third-order valence-electron chi connectivity index (χ3n) is 2.65. The highest BCUT2D eigenvalue weighted by Gasteiger charge is 2.09. The van der Waals surface area contributed by atoms with Crippen LogP contribution in [-0.4, -0.2) is 22.1 Å². The number of nitrogens with one attached hydrogen (secondary N) is 1. The fourth-order valence-corrected chi connectivity index (χ4v) is 1.59. The Morgan fingerprint density at radius 1 is 1.47 bits per heavy atom. The molecule has 0 aliphatic heterocycles. The first-order valence-corrected chi connectivity index (χ1v) is 5.46. The Balaban J connectivity index is 2.12. The summed E-state index contributed by atoms with van der Waals surface area (Å²) in [5.41, 5.74) is 2.00. The normalized spacial score (nSPS) is 12.5. The summed E-state index contributed by atoms with van der Waals surface area (Å²) in [4.78, 5) is 14.9. The highest BCUT2D eigenvalue weighted by atomic mass is 16.4. The van der Waals surface area contributed by atoms with E-state index in [2.05, 4.69) is 10.3 Å². The van der Waals surface area contributed by atoms with Gasteiger partial charge in [0.1, 0.15) is 6.04 Å². The van der Waals surface area contributed by atoms with Crippen LogP contribution in [0.4, 0.5) is 0 Å². The van der Waals surface area contributed by atoms with Crippen molar-refractivity contribution in [2.45, 2.75) is 19.5 Å². The van der Waals surface area contributed by atoms with E-state index in [0.717, 1.165) is 16.5 Å². The highest BCUT2D eigenvalue weighted by molar-refractivity contribution is 5.79. The molecule has 0 fully saturated rings. The summed E-state index contributed by atoms with van der Waals surface area (Å²) in [6.45, 7) is 2.17. The standard InChI is InChI=1S/C13H14N2O2/c1-9(13(16)17)15-8-10-4-5-12-11(7-10)3-2-6-14-12/h2-7,9,15H,8H2,1H3,(H,16,17). The Bertz CT molecular complexity index is 540. The predicted octanol–water partition coefficient (Wildman–Crippen LogP) is 1.80. The maximum absolute atomic E-state index is 10.7. The fourth-order valence-electron chi connectivity index (χ4n) is 1.59. The van der Waals surface area contributed by atoms with Gasteiger partial charge in [0.05, 0.1) is 5.52 Å². The van der Waals surface area contributed by atoms with Crippen LogP contribution in [0.3, 0.4) is 0 Å². The number of hydrogen-bond acceptors (Lipinski definition) is 3. The summed E-state index contributed by atoms with van der Waals surface area (Å²) >= 11 is 0. The van der Waals surface area contributed by atoms with Crippen LogP contribution in [0, 0.1) is 0 Å². The number of hydrogen-bond donors (Lipinski definition) is 2. The van der Waals surface area contributed by atoms with Crippen molar-refractivity contribution in [2.75, 3.05) is 0 Å². The number of rotatable bonds is 4. The zero-order valence-corrected chi connectivity index (χ0v) is 9.55. The van der Waals surface area contributed by atoms with E-state index in [1.807, 2.05) is 30.3 Å². The van der Waals surface area contributed by atoms with Gasteiger partial charge in [-0.15, -0.1) is 0 Å². The molecule has 0 bridgehead atoms. The molecule has 17 heavy (non-hydrogen) atoms. The Kier molecular flexibility index (Phi) is 3.35. The molecule has 0 saturated carbocycles. The molecule has 0 saturated heterocycles. The Labute approximate surface area is 99.3 Å². The SMILES string of the molecule is CC(NCc1ccc2ncccc2c1)C(=O)O. The largest absolute Gasteiger partial charge is 0.480 e. The third kappa shape index (κ3) is 2.79. The molecule has 0 amide bonds. The van der Waals surface area contributed by atoms with Crippen LogP contribution in [-0.2, 0) is 11.3 Å². The van der Waals surface area contributed by atoms with Crippen LogP contribution in [0.5, 0.6) is 0 Å². The number of aromatic nitrogens is 1. The van der Waals surface area contributed by atoms with Crippen molar-refractivity contribution in [3.8, 4) is 0 Å². The number of benzene rings is 1. The molecule has 88 valence electrons. The van der Waals surface area contributed by atoms with Gasteiger partial charge in [0, 0.05) is 18.1 Å². The van der Waals surface area contributed by atoms with E-state index < -0.39 is 12.0 Å². The second-order valence-electron chi connectivity index (χ2n) is 3.97. The van der Waals surface area contributed by atoms with Gasteiger partial charge in [0.25, 0.3) is 0 Å². The van der Waals surface area contributed by atoms with Crippen molar-refractivity contribution in [1.82, 2.24) is 10.3 Å². The van der Waals surface area contributed by atoms with E-state index in [-0.39, 0.29) is 0 Å². The van der Waals surface area contributed by atoms with Crippen LogP contribution < -0.4 is 5.32 Å². The fraction of sp³-hybridized carbons (Fsp3) is 0.231. The van der Waals surface area contributed by atoms with Crippen molar-refractivity contribution >= 4 is 16.9 Å².